The van der Waals surface area contributed by atoms with Crippen LogP contribution in [0, 0.1) is 6.92 Å². The molecule has 134 valence electrons. The number of rotatable bonds is 4. The molecule has 0 saturated heterocycles. The van der Waals surface area contributed by atoms with Crippen LogP contribution in [0.1, 0.15) is 45.6 Å². The second-order valence-corrected chi connectivity index (χ2v) is 8.71. The van der Waals surface area contributed by atoms with E-state index >= 15 is 0 Å². The van der Waals surface area contributed by atoms with E-state index in [1.54, 1.807) is 32.9 Å². The predicted molar refractivity (Wildman–Crippen MR) is 90.2 cm³/mol. The molecule has 2 rings (SSSR count). The van der Waals surface area contributed by atoms with Gasteiger partial charge in [-0.2, -0.15) is 8.42 Å². The lowest BCUT2D eigenvalue weighted by Gasteiger charge is -2.21. The Labute approximate surface area is 143 Å². The summed E-state index contributed by atoms with van der Waals surface area (Å²) in [4.78, 5) is 11.9. The maximum Gasteiger partial charge on any atom is 0.407 e. The van der Waals surface area contributed by atoms with Crippen LogP contribution < -0.4 is 5.32 Å². The van der Waals surface area contributed by atoms with Gasteiger partial charge in [0.05, 0.1) is 11.0 Å². The Morgan fingerprint density at radius 3 is 2.38 bits per heavy atom. The molecular formula is C17H25NO5S. The molecule has 0 radical (unpaired) electrons. The molecule has 1 aromatic rings. The average Bonchev–Trinajstić information content (AvgIpc) is 2.83. The Morgan fingerprint density at radius 2 is 1.79 bits per heavy atom. The molecule has 1 saturated carbocycles. The number of alkyl carbamates (subject to hydrolysis) is 1. The molecule has 1 aromatic carbocycles. The molecule has 24 heavy (non-hydrogen) atoms. The highest BCUT2D eigenvalue weighted by Crippen LogP contribution is 2.26. The van der Waals surface area contributed by atoms with Gasteiger partial charge in [0.1, 0.15) is 5.60 Å². The third-order valence-corrected chi connectivity index (χ3v) is 5.05. The zero-order chi connectivity index (χ0) is 18.0. The van der Waals surface area contributed by atoms with E-state index in [1.807, 2.05) is 6.92 Å². The molecule has 0 aliphatic heterocycles. The van der Waals surface area contributed by atoms with E-state index in [4.69, 9.17) is 8.92 Å². The van der Waals surface area contributed by atoms with Crippen LogP contribution in [0.3, 0.4) is 0 Å². The highest BCUT2D eigenvalue weighted by atomic mass is 32.2. The Hall–Kier alpha value is -1.60. The molecule has 0 heterocycles. The fourth-order valence-electron chi connectivity index (χ4n) is 2.57. The Balaban J connectivity index is 1.89. The fraction of sp³-hybridized carbons (Fsp3) is 0.588. The number of carbonyl (C=O) groups excluding carboxylic acids is 1. The lowest BCUT2D eigenvalue weighted by molar-refractivity contribution is 0.0503. The van der Waals surface area contributed by atoms with Crippen LogP contribution in [0.2, 0.25) is 0 Å². The first kappa shape index (κ1) is 18.7. The third kappa shape index (κ3) is 5.49. The topological polar surface area (TPSA) is 81.7 Å². The summed E-state index contributed by atoms with van der Waals surface area (Å²) in [5.74, 6) is 0. The second kappa shape index (κ2) is 7.11. The number of ether oxygens (including phenoxy) is 1. The molecule has 6 nitrogen and oxygen atoms in total. The summed E-state index contributed by atoms with van der Waals surface area (Å²) in [7, 11) is -3.79. The largest absolute Gasteiger partial charge is 0.444 e. The van der Waals surface area contributed by atoms with Gasteiger partial charge in [0.25, 0.3) is 10.1 Å². The molecule has 0 bridgehead atoms. The molecule has 7 heteroatoms. The fourth-order valence-corrected chi connectivity index (χ4v) is 3.69. The van der Waals surface area contributed by atoms with E-state index < -0.39 is 27.9 Å². The minimum atomic E-state index is -3.79. The van der Waals surface area contributed by atoms with Crippen molar-refractivity contribution in [2.45, 2.75) is 69.6 Å². The van der Waals surface area contributed by atoms with Gasteiger partial charge in [-0.1, -0.05) is 17.7 Å². The molecule has 1 N–H and O–H groups in total. The number of hydrogen-bond acceptors (Lipinski definition) is 5. The molecular weight excluding hydrogens is 330 g/mol. The summed E-state index contributed by atoms with van der Waals surface area (Å²) in [6, 6.07) is 6.40. The molecule has 1 amide bonds. The molecule has 2 atom stereocenters. The number of amides is 1. The quantitative estimate of drug-likeness (QED) is 0.839. The zero-order valence-electron chi connectivity index (χ0n) is 14.5. The van der Waals surface area contributed by atoms with Crippen LogP contribution in [0.5, 0.6) is 0 Å². The van der Waals surface area contributed by atoms with E-state index in [9.17, 15) is 13.2 Å². The highest BCUT2D eigenvalue weighted by Gasteiger charge is 2.32. The van der Waals surface area contributed by atoms with Crippen molar-refractivity contribution < 1.29 is 22.1 Å². The number of carbonyl (C=O) groups is 1. The van der Waals surface area contributed by atoms with Crippen molar-refractivity contribution in [3.63, 3.8) is 0 Å². The minimum absolute atomic E-state index is 0.141. The molecule has 0 aromatic heterocycles. The predicted octanol–water partition coefficient (Wildman–Crippen LogP) is 3.15. The lowest BCUT2D eigenvalue weighted by atomic mass is 10.2. The SMILES string of the molecule is Cc1ccc(S(=O)(=O)O[C@@H]2CC[C@H](NC(=O)OC(C)(C)C)C2)cc1. The molecule has 0 spiro atoms. The first-order valence-corrected chi connectivity index (χ1v) is 9.45. The smallest absolute Gasteiger partial charge is 0.407 e. The van der Waals surface area contributed by atoms with Gasteiger partial charge >= 0.3 is 6.09 Å². The van der Waals surface area contributed by atoms with E-state index in [1.165, 1.54) is 12.1 Å². The number of benzene rings is 1. The van der Waals surface area contributed by atoms with Crippen LogP contribution >= 0.6 is 0 Å². The summed E-state index contributed by atoms with van der Waals surface area (Å²) in [6.45, 7) is 7.27. The Morgan fingerprint density at radius 1 is 1.17 bits per heavy atom. The van der Waals surface area contributed by atoms with Gasteiger partial charge in [-0.15, -0.1) is 0 Å². The Bertz CT molecular complexity index is 676. The van der Waals surface area contributed by atoms with Gasteiger partial charge in [-0.3, -0.25) is 4.18 Å². The van der Waals surface area contributed by atoms with Crippen LogP contribution in [0.4, 0.5) is 4.79 Å². The molecule has 1 aliphatic rings. The van der Waals surface area contributed by atoms with E-state index in [-0.39, 0.29) is 10.9 Å². The molecule has 0 unspecified atom stereocenters. The minimum Gasteiger partial charge on any atom is -0.444 e. The number of hydrogen-bond donors (Lipinski definition) is 1. The van der Waals surface area contributed by atoms with Crippen molar-refractivity contribution in [3.8, 4) is 0 Å². The molecule has 1 aliphatic carbocycles. The third-order valence-electron chi connectivity index (χ3n) is 3.68. The van der Waals surface area contributed by atoms with Crippen molar-refractivity contribution in [1.29, 1.82) is 0 Å². The van der Waals surface area contributed by atoms with Crippen LogP contribution in [0.15, 0.2) is 29.2 Å². The summed E-state index contributed by atoms with van der Waals surface area (Å²) >= 11 is 0. The maximum atomic E-state index is 12.3. The number of nitrogens with one attached hydrogen (secondary N) is 1. The summed E-state index contributed by atoms with van der Waals surface area (Å²) in [5.41, 5.74) is 0.421. The van der Waals surface area contributed by atoms with Crippen molar-refractivity contribution in [2.24, 2.45) is 0 Å². The van der Waals surface area contributed by atoms with Crippen molar-refractivity contribution in [2.75, 3.05) is 0 Å². The standard InChI is InChI=1S/C17H25NO5S/c1-12-5-9-15(10-6-12)24(20,21)23-14-8-7-13(11-14)18-16(19)22-17(2,3)4/h5-6,9-10,13-14H,7-8,11H2,1-4H3,(H,18,19)/t13-,14+/m0/s1. The van der Waals surface area contributed by atoms with Gasteiger partial charge in [0.2, 0.25) is 0 Å². The van der Waals surface area contributed by atoms with Gasteiger partial charge in [0, 0.05) is 6.04 Å². The van der Waals surface area contributed by atoms with Gasteiger partial charge < -0.3 is 10.1 Å². The summed E-state index contributed by atoms with van der Waals surface area (Å²) in [6.07, 6.45) is 0.759. The monoisotopic (exact) mass is 355 g/mol. The van der Waals surface area contributed by atoms with Crippen LogP contribution in [-0.4, -0.2) is 32.3 Å². The second-order valence-electron chi connectivity index (χ2n) is 7.14. The number of aryl methyl sites for hydroxylation is 1. The van der Waals surface area contributed by atoms with Gasteiger partial charge in [0.15, 0.2) is 0 Å². The normalized spacial score (nSPS) is 21.5. The summed E-state index contributed by atoms with van der Waals surface area (Å²) in [5, 5.41) is 2.76. The van der Waals surface area contributed by atoms with E-state index in [0.29, 0.717) is 19.3 Å². The zero-order valence-corrected chi connectivity index (χ0v) is 15.4. The van der Waals surface area contributed by atoms with Crippen LogP contribution in [-0.2, 0) is 19.0 Å². The van der Waals surface area contributed by atoms with E-state index in [0.717, 1.165) is 5.56 Å². The lowest BCUT2D eigenvalue weighted by Crippen LogP contribution is -2.38. The van der Waals surface area contributed by atoms with Crippen LogP contribution in [0.25, 0.3) is 0 Å². The van der Waals surface area contributed by atoms with Gasteiger partial charge in [-0.25, -0.2) is 4.79 Å². The average molecular weight is 355 g/mol. The maximum absolute atomic E-state index is 12.3. The molecule has 1 fully saturated rings. The highest BCUT2D eigenvalue weighted by molar-refractivity contribution is 7.86. The van der Waals surface area contributed by atoms with Crippen molar-refractivity contribution >= 4 is 16.2 Å². The summed E-state index contributed by atoms with van der Waals surface area (Å²) < 4.78 is 35.1. The first-order chi connectivity index (χ1) is 11.0. The Kier molecular flexibility index (Phi) is 5.55. The van der Waals surface area contributed by atoms with Crippen molar-refractivity contribution in [3.05, 3.63) is 29.8 Å². The van der Waals surface area contributed by atoms with Gasteiger partial charge in [-0.05, 0) is 59.1 Å². The first-order valence-electron chi connectivity index (χ1n) is 8.05. The van der Waals surface area contributed by atoms with E-state index in [2.05, 4.69) is 5.32 Å². The van der Waals surface area contributed by atoms with Crippen molar-refractivity contribution in [1.82, 2.24) is 5.32 Å².